The molecule has 0 aliphatic carbocycles. The van der Waals surface area contributed by atoms with E-state index in [0.29, 0.717) is 0 Å². The Balaban J connectivity index is 3.25. The molecule has 0 aromatic heterocycles. The number of hydrogen-bond donors (Lipinski definition) is 2. The molecule has 1 aliphatic heterocycles. The molecule has 4 atom stereocenters. The maximum atomic E-state index is 13.0. The quantitative estimate of drug-likeness (QED) is 0.0979. The van der Waals surface area contributed by atoms with Crippen molar-refractivity contribution < 1.29 is 38.5 Å². The van der Waals surface area contributed by atoms with Crippen LogP contribution in [0, 0.1) is 17.8 Å². The van der Waals surface area contributed by atoms with Crippen LogP contribution >= 0.6 is 34.8 Å². The fourth-order valence-electron chi connectivity index (χ4n) is 2.77. The molecule has 0 aromatic carbocycles. The number of nitrogens with one attached hydrogen (secondary N) is 1. The fourth-order valence-corrected chi connectivity index (χ4v) is 2.93. The zero-order valence-electron chi connectivity index (χ0n) is 16.6. The highest BCUT2D eigenvalue weighted by Gasteiger charge is 2.56. The van der Waals surface area contributed by atoms with Crippen molar-refractivity contribution in [2.45, 2.75) is 43.1 Å². The topological polar surface area (TPSA) is 155 Å². The van der Waals surface area contributed by atoms with Crippen molar-refractivity contribution in [3.8, 4) is 0 Å². The Morgan fingerprint density at radius 1 is 1.27 bits per heavy atom. The van der Waals surface area contributed by atoms with Gasteiger partial charge in [-0.2, -0.15) is 4.79 Å². The lowest BCUT2D eigenvalue weighted by Crippen LogP contribution is -2.67. The Morgan fingerprint density at radius 3 is 2.23 bits per heavy atom. The number of aliphatic hydroxyl groups excluding tert-OH is 1. The molecule has 2 N–H and O–H groups in total. The van der Waals surface area contributed by atoms with Crippen molar-refractivity contribution in [3.05, 3.63) is 5.53 Å². The molecule has 168 valence electrons. The first-order valence-corrected chi connectivity index (χ1v) is 9.90. The van der Waals surface area contributed by atoms with Gasteiger partial charge in [0, 0.05) is 6.61 Å². The first-order chi connectivity index (χ1) is 13.6. The van der Waals surface area contributed by atoms with E-state index in [1.807, 2.05) is 0 Å². The van der Waals surface area contributed by atoms with Crippen LogP contribution in [0.3, 0.4) is 0 Å². The third kappa shape index (κ3) is 6.92. The Morgan fingerprint density at radius 2 is 1.83 bits per heavy atom. The van der Waals surface area contributed by atoms with E-state index in [2.05, 4.69) is 14.8 Å². The lowest BCUT2D eigenvalue weighted by atomic mass is 9.72. The van der Waals surface area contributed by atoms with Crippen molar-refractivity contribution in [2.75, 3.05) is 13.2 Å². The van der Waals surface area contributed by atoms with Gasteiger partial charge in [-0.15, -0.1) is 0 Å². The van der Waals surface area contributed by atoms with Crippen LogP contribution in [0.25, 0.3) is 5.53 Å². The largest absolute Gasteiger partial charge is 0.459 e. The van der Waals surface area contributed by atoms with Gasteiger partial charge in [0.15, 0.2) is 0 Å². The van der Waals surface area contributed by atoms with Crippen LogP contribution < -0.4 is 5.32 Å². The Bertz CT molecular complexity index is 770. The standard InChI is InChI=1S/C17H22Cl3N3O7/c1-7(5-24)8-10(22-13(8)26)9(14(27)30-16(2,3)4)12(25)11(23-21)15(28)29-6-17(18,19)20/h7-10,24H,5-6H2,1-4H3,(H,22,26). The predicted molar refractivity (Wildman–Crippen MR) is 106 cm³/mol. The molecular weight excluding hydrogens is 465 g/mol. The highest BCUT2D eigenvalue weighted by atomic mass is 35.6. The van der Waals surface area contributed by atoms with Gasteiger partial charge in [-0.3, -0.25) is 14.4 Å². The molecule has 0 aromatic rings. The lowest BCUT2D eigenvalue weighted by molar-refractivity contribution is -0.167. The number of β-lactam (4-membered cyclic amide) rings is 1. The highest BCUT2D eigenvalue weighted by Crippen LogP contribution is 2.32. The zero-order chi connectivity index (χ0) is 23.4. The third-order valence-corrected chi connectivity index (χ3v) is 4.42. The molecule has 1 aliphatic rings. The van der Waals surface area contributed by atoms with Crippen molar-refractivity contribution in [1.29, 1.82) is 0 Å². The highest BCUT2D eigenvalue weighted by molar-refractivity contribution is 6.68. The molecular formula is C17H22Cl3N3O7. The Kier molecular flexibility index (Phi) is 8.83. The van der Waals surface area contributed by atoms with Crippen LogP contribution in [0.5, 0.6) is 0 Å². The number of ketones is 1. The maximum Gasteiger partial charge on any atom is 0.442 e. The molecule has 1 amide bonds. The number of Topliss-reactive ketones (excluding diaryl/α,β-unsaturated/α-hetero) is 1. The summed E-state index contributed by atoms with van der Waals surface area (Å²) in [5.74, 6) is -7.54. The van der Waals surface area contributed by atoms with Gasteiger partial charge in [-0.1, -0.05) is 41.7 Å². The van der Waals surface area contributed by atoms with Gasteiger partial charge in [-0.25, -0.2) is 4.79 Å². The van der Waals surface area contributed by atoms with Crippen molar-refractivity contribution >= 4 is 64.1 Å². The van der Waals surface area contributed by atoms with Crippen LogP contribution in [-0.2, 0) is 28.7 Å². The number of carbonyl (C=O) groups is 4. The molecule has 30 heavy (non-hydrogen) atoms. The molecule has 0 spiro atoms. The average molecular weight is 487 g/mol. The average Bonchev–Trinajstić information content (AvgIpc) is 2.57. The number of amides is 1. The van der Waals surface area contributed by atoms with E-state index in [0.717, 1.165) is 0 Å². The van der Waals surface area contributed by atoms with Gasteiger partial charge < -0.3 is 25.4 Å². The number of aliphatic hydroxyl groups is 1. The minimum absolute atomic E-state index is 0.393. The first kappa shape index (κ1) is 26.3. The minimum Gasteiger partial charge on any atom is -0.459 e. The van der Waals surface area contributed by atoms with E-state index >= 15 is 0 Å². The minimum atomic E-state index is -1.99. The monoisotopic (exact) mass is 485 g/mol. The van der Waals surface area contributed by atoms with Gasteiger partial charge in [0.05, 0.1) is 12.0 Å². The molecule has 0 saturated carbocycles. The normalized spacial score (nSPS) is 20.7. The molecule has 1 heterocycles. The van der Waals surface area contributed by atoms with Gasteiger partial charge in [0.2, 0.25) is 9.70 Å². The van der Waals surface area contributed by atoms with Crippen LogP contribution in [0.4, 0.5) is 0 Å². The second kappa shape index (κ2) is 10.1. The van der Waals surface area contributed by atoms with Crippen LogP contribution in [0.1, 0.15) is 27.7 Å². The number of alkyl halides is 3. The summed E-state index contributed by atoms with van der Waals surface area (Å²) in [6.45, 7) is 5.05. The van der Waals surface area contributed by atoms with Gasteiger partial charge in [0.1, 0.15) is 18.1 Å². The van der Waals surface area contributed by atoms with Crippen LogP contribution in [-0.4, -0.2) is 67.9 Å². The molecule has 10 nitrogen and oxygen atoms in total. The van der Waals surface area contributed by atoms with E-state index in [-0.39, 0.29) is 0 Å². The number of ether oxygens (including phenoxy) is 2. The van der Waals surface area contributed by atoms with Gasteiger partial charge in [-0.05, 0) is 26.7 Å². The fraction of sp³-hybridized carbons (Fsp3) is 0.706. The number of halogens is 3. The zero-order valence-corrected chi connectivity index (χ0v) is 18.9. The number of rotatable bonds is 8. The van der Waals surface area contributed by atoms with E-state index < -0.39 is 75.7 Å². The second-order valence-electron chi connectivity index (χ2n) is 7.74. The number of carbonyl (C=O) groups excluding carboxylic acids is 4. The number of esters is 2. The van der Waals surface area contributed by atoms with Gasteiger partial charge in [0.25, 0.3) is 5.78 Å². The summed E-state index contributed by atoms with van der Waals surface area (Å²) in [5.41, 5.74) is 7.05. The summed E-state index contributed by atoms with van der Waals surface area (Å²) in [6.07, 6.45) is 0. The van der Waals surface area contributed by atoms with Crippen molar-refractivity contribution in [2.24, 2.45) is 17.8 Å². The predicted octanol–water partition coefficient (Wildman–Crippen LogP) is 0.841. The Hall–Kier alpha value is -1.71. The third-order valence-electron chi connectivity index (χ3n) is 4.10. The molecule has 13 heteroatoms. The first-order valence-electron chi connectivity index (χ1n) is 8.77. The molecule has 1 fully saturated rings. The van der Waals surface area contributed by atoms with E-state index in [9.17, 15) is 29.8 Å². The molecule has 4 unspecified atom stereocenters. The summed E-state index contributed by atoms with van der Waals surface area (Å²) in [5, 5.41) is 11.8. The molecule has 1 rings (SSSR count). The van der Waals surface area contributed by atoms with E-state index in [1.54, 1.807) is 27.7 Å². The summed E-state index contributed by atoms with van der Waals surface area (Å²) in [7, 11) is 0. The van der Waals surface area contributed by atoms with E-state index in [4.69, 9.17) is 39.5 Å². The van der Waals surface area contributed by atoms with Crippen molar-refractivity contribution in [1.82, 2.24) is 5.32 Å². The molecule has 0 radical (unpaired) electrons. The van der Waals surface area contributed by atoms with Crippen LogP contribution in [0.15, 0.2) is 0 Å². The lowest BCUT2D eigenvalue weighted by Gasteiger charge is -2.42. The summed E-state index contributed by atoms with van der Waals surface area (Å²) in [4.78, 5) is 52.5. The SMILES string of the molecule is CC(CO)C1C(=O)NC1C(C(=O)OC(C)(C)C)C(=O)C(=[N+]=[N-])C(=O)OCC(Cl)(Cl)Cl. The summed E-state index contributed by atoms with van der Waals surface area (Å²) in [6, 6.07) is -1.11. The van der Waals surface area contributed by atoms with Gasteiger partial charge >= 0.3 is 17.7 Å². The summed E-state index contributed by atoms with van der Waals surface area (Å²) < 4.78 is 7.88. The summed E-state index contributed by atoms with van der Waals surface area (Å²) >= 11 is 16.4. The van der Waals surface area contributed by atoms with E-state index in [1.165, 1.54) is 0 Å². The molecule has 0 bridgehead atoms. The Labute approximate surface area is 187 Å². The van der Waals surface area contributed by atoms with Crippen molar-refractivity contribution in [3.63, 3.8) is 0 Å². The van der Waals surface area contributed by atoms with Crippen LogP contribution in [0.2, 0.25) is 0 Å². The number of nitrogens with zero attached hydrogens (tertiary/aromatic N) is 2. The maximum absolute atomic E-state index is 13.0. The smallest absolute Gasteiger partial charge is 0.442 e. The number of hydrogen-bond acceptors (Lipinski definition) is 7. The molecule has 1 saturated heterocycles. The second-order valence-corrected chi connectivity index (χ2v) is 10.3.